The predicted octanol–water partition coefficient (Wildman–Crippen LogP) is 6.49. The highest BCUT2D eigenvalue weighted by Crippen LogP contribution is 2.11. The van der Waals surface area contributed by atoms with E-state index in [1.807, 2.05) is 0 Å². The molecule has 0 saturated carbocycles. The number of hydrogen-bond donors (Lipinski definition) is 1. The average Bonchev–Trinajstić information content (AvgIpc) is 2.50. The summed E-state index contributed by atoms with van der Waals surface area (Å²) in [5, 5.41) is 8.69. The summed E-state index contributed by atoms with van der Waals surface area (Å²) in [6, 6.07) is 0. The van der Waals surface area contributed by atoms with Crippen LogP contribution in [-0.2, 0) is 0 Å². The molecule has 0 bridgehead atoms. The van der Waals surface area contributed by atoms with Crippen LogP contribution < -0.4 is 0 Å². The van der Waals surface area contributed by atoms with Crippen LogP contribution in [0.25, 0.3) is 0 Å². The summed E-state index contributed by atoms with van der Waals surface area (Å²) in [4.78, 5) is 0. The Labute approximate surface area is 140 Å². The number of hydrogen-bond acceptors (Lipinski definition) is 1. The second-order valence-corrected chi connectivity index (χ2v) is 7.00. The van der Waals surface area contributed by atoms with Crippen molar-refractivity contribution in [3.8, 4) is 11.8 Å². The third-order valence-electron chi connectivity index (χ3n) is 4.17. The lowest BCUT2D eigenvalue weighted by Crippen LogP contribution is -1.86. The maximum Gasteiger partial charge on any atom is 0.0431 e. The van der Waals surface area contributed by atoms with E-state index in [0.29, 0.717) is 6.61 Å². The molecule has 0 aromatic carbocycles. The van der Waals surface area contributed by atoms with Crippen molar-refractivity contribution in [2.75, 3.05) is 6.61 Å². The fourth-order valence-corrected chi connectivity index (χ4v) is 2.68. The van der Waals surface area contributed by atoms with Crippen LogP contribution >= 0.6 is 0 Å². The van der Waals surface area contributed by atoms with Gasteiger partial charge in [0, 0.05) is 19.4 Å². The van der Waals surface area contributed by atoms with E-state index in [1.165, 1.54) is 77.0 Å². The molecule has 0 saturated heterocycles. The Morgan fingerprint density at radius 1 is 0.591 bits per heavy atom. The number of rotatable bonds is 15. The van der Waals surface area contributed by atoms with E-state index in [1.54, 1.807) is 0 Å². The first-order valence-electron chi connectivity index (χ1n) is 9.84. The summed E-state index contributed by atoms with van der Waals surface area (Å²) >= 11 is 0. The van der Waals surface area contributed by atoms with Crippen molar-refractivity contribution in [3.63, 3.8) is 0 Å². The quantitative estimate of drug-likeness (QED) is 0.271. The molecule has 130 valence electrons. The van der Waals surface area contributed by atoms with E-state index in [0.717, 1.165) is 25.2 Å². The highest BCUT2D eigenvalue weighted by atomic mass is 16.2. The van der Waals surface area contributed by atoms with Gasteiger partial charge in [-0.05, 0) is 25.2 Å². The molecular weight excluding hydrogens is 268 g/mol. The highest BCUT2D eigenvalue weighted by molar-refractivity contribution is 4.98. The van der Waals surface area contributed by atoms with Crippen molar-refractivity contribution in [3.05, 3.63) is 0 Å². The number of aliphatic hydroxyl groups excluding tert-OH is 1. The van der Waals surface area contributed by atoms with Crippen LogP contribution in [0, 0.1) is 17.8 Å². The van der Waals surface area contributed by atoms with Gasteiger partial charge in [-0.25, -0.2) is 0 Å². The van der Waals surface area contributed by atoms with Crippen LogP contribution in [0.2, 0.25) is 0 Å². The summed E-state index contributed by atoms with van der Waals surface area (Å²) in [5.41, 5.74) is 0. The van der Waals surface area contributed by atoms with E-state index in [-0.39, 0.29) is 0 Å². The normalized spacial score (nSPS) is 10.7. The molecule has 0 atom stereocenters. The maximum atomic E-state index is 8.69. The van der Waals surface area contributed by atoms with Crippen molar-refractivity contribution >= 4 is 0 Å². The second-order valence-electron chi connectivity index (χ2n) is 7.00. The molecule has 0 aliphatic heterocycles. The first-order chi connectivity index (χ1) is 10.8. The molecule has 0 radical (unpaired) electrons. The number of unbranched alkanes of at least 4 members (excludes halogenated alkanes) is 12. The van der Waals surface area contributed by atoms with Gasteiger partial charge in [0.05, 0.1) is 0 Å². The van der Waals surface area contributed by atoms with E-state index in [4.69, 9.17) is 5.11 Å². The van der Waals surface area contributed by atoms with Gasteiger partial charge in [-0.2, -0.15) is 0 Å². The molecule has 0 rings (SSSR count). The lowest BCUT2D eigenvalue weighted by atomic mass is 10.0. The molecule has 1 heteroatoms. The zero-order chi connectivity index (χ0) is 16.3. The Morgan fingerprint density at radius 2 is 1.00 bits per heavy atom. The maximum absolute atomic E-state index is 8.69. The van der Waals surface area contributed by atoms with Crippen molar-refractivity contribution in [1.82, 2.24) is 0 Å². The van der Waals surface area contributed by atoms with Crippen LogP contribution in [0.5, 0.6) is 0 Å². The molecular formula is C21H40O. The standard InChI is InChI=1S/C21H40O/c1-21(2)19-17-15-13-11-9-7-5-3-4-6-8-10-12-14-16-18-20-22/h21-22H,3-4,6,8-20H2,1-2H3. The van der Waals surface area contributed by atoms with Gasteiger partial charge in [0.15, 0.2) is 0 Å². The molecule has 0 aliphatic carbocycles. The molecule has 0 amide bonds. The van der Waals surface area contributed by atoms with Gasteiger partial charge in [0.25, 0.3) is 0 Å². The Bertz CT molecular complexity index is 259. The Hall–Kier alpha value is -0.480. The average molecular weight is 309 g/mol. The molecule has 0 spiro atoms. The Balaban J connectivity index is 3.10. The SMILES string of the molecule is CC(C)CCCCCCC#CCCCCCCCCCCO. The Kier molecular flexibility index (Phi) is 18.2. The zero-order valence-corrected chi connectivity index (χ0v) is 15.3. The van der Waals surface area contributed by atoms with E-state index >= 15 is 0 Å². The van der Waals surface area contributed by atoms with Gasteiger partial charge >= 0.3 is 0 Å². The van der Waals surface area contributed by atoms with Crippen molar-refractivity contribution in [2.24, 2.45) is 5.92 Å². The minimum Gasteiger partial charge on any atom is -0.396 e. The third kappa shape index (κ3) is 19.5. The largest absolute Gasteiger partial charge is 0.396 e. The van der Waals surface area contributed by atoms with E-state index < -0.39 is 0 Å². The van der Waals surface area contributed by atoms with E-state index in [2.05, 4.69) is 25.7 Å². The minimum atomic E-state index is 0.358. The molecule has 0 unspecified atom stereocenters. The summed E-state index contributed by atoms with van der Waals surface area (Å²) in [6.07, 6.45) is 19.1. The fraction of sp³-hybridized carbons (Fsp3) is 0.905. The molecule has 0 fully saturated rings. The van der Waals surface area contributed by atoms with Crippen molar-refractivity contribution in [2.45, 2.75) is 110 Å². The van der Waals surface area contributed by atoms with Crippen LogP contribution in [0.3, 0.4) is 0 Å². The summed E-state index contributed by atoms with van der Waals surface area (Å²) in [7, 11) is 0. The van der Waals surface area contributed by atoms with Gasteiger partial charge in [0.1, 0.15) is 0 Å². The first kappa shape index (κ1) is 21.5. The van der Waals surface area contributed by atoms with Crippen molar-refractivity contribution < 1.29 is 5.11 Å². The number of aliphatic hydroxyl groups is 1. The molecule has 0 aliphatic rings. The van der Waals surface area contributed by atoms with Gasteiger partial charge in [-0.3, -0.25) is 0 Å². The fourth-order valence-electron chi connectivity index (χ4n) is 2.68. The molecule has 0 aromatic rings. The summed E-state index contributed by atoms with van der Waals surface area (Å²) in [6.45, 7) is 4.97. The predicted molar refractivity (Wildman–Crippen MR) is 99.0 cm³/mol. The third-order valence-corrected chi connectivity index (χ3v) is 4.17. The van der Waals surface area contributed by atoms with Crippen molar-refractivity contribution in [1.29, 1.82) is 0 Å². The lowest BCUT2D eigenvalue weighted by Gasteiger charge is -2.02. The molecule has 0 heterocycles. The molecule has 0 aromatic heterocycles. The highest BCUT2D eigenvalue weighted by Gasteiger charge is 1.94. The van der Waals surface area contributed by atoms with Gasteiger partial charge in [0.2, 0.25) is 0 Å². The van der Waals surface area contributed by atoms with Gasteiger partial charge < -0.3 is 5.11 Å². The molecule has 1 nitrogen and oxygen atoms in total. The minimum absolute atomic E-state index is 0.358. The van der Waals surface area contributed by atoms with E-state index in [9.17, 15) is 0 Å². The lowest BCUT2D eigenvalue weighted by molar-refractivity contribution is 0.282. The smallest absolute Gasteiger partial charge is 0.0431 e. The van der Waals surface area contributed by atoms with Gasteiger partial charge in [-0.1, -0.05) is 78.1 Å². The topological polar surface area (TPSA) is 20.2 Å². The molecule has 22 heavy (non-hydrogen) atoms. The summed E-state index contributed by atoms with van der Waals surface area (Å²) in [5.74, 6) is 7.53. The first-order valence-corrected chi connectivity index (χ1v) is 9.84. The molecule has 1 N–H and O–H groups in total. The second kappa shape index (κ2) is 18.6. The summed E-state index contributed by atoms with van der Waals surface area (Å²) < 4.78 is 0. The monoisotopic (exact) mass is 308 g/mol. The van der Waals surface area contributed by atoms with Crippen LogP contribution in [0.1, 0.15) is 110 Å². The Morgan fingerprint density at radius 3 is 1.45 bits per heavy atom. The van der Waals surface area contributed by atoms with Crippen LogP contribution in [0.4, 0.5) is 0 Å². The van der Waals surface area contributed by atoms with Crippen LogP contribution in [0.15, 0.2) is 0 Å². The van der Waals surface area contributed by atoms with Crippen LogP contribution in [-0.4, -0.2) is 11.7 Å². The zero-order valence-electron chi connectivity index (χ0n) is 15.3. The van der Waals surface area contributed by atoms with Gasteiger partial charge in [-0.15, -0.1) is 11.8 Å².